The summed E-state index contributed by atoms with van der Waals surface area (Å²) in [5, 5.41) is 3.78. The van der Waals surface area contributed by atoms with Crippen molar-refractivity contribution in [3.63, 3.8) is 0 Å². The summed E-state index contributed by atoms with van der Waals surface area (Å²) in [6.07, 6.45) is 1.43. The number of ether oxygens (including phenoxy) is 1. The van der Waals surface area contributed by atoms with Gasteiger partial charge in [0.1, 0.15) is 5.75 Å². The zero-order valence-electron chi connectivity index (χ0n) is 11.9. The summed E-state index contributed by atoms with van der Waals surface area (Å²) in [4.78, 5) is 2.33. The SMILES string of the molecule is CCOc1cccc(/C=N/NS(=O)(=O)c2ccc(Br)cc2)c1. The molecule has 0 atom stereocenters. The molecule has 7 heteroatoms. The molecule has 0 aliphatic carbocycles. The summed E-state index contributed by atoms with van der Waals surface area (Å²) < 4.78 is 30.3. The van der Waals surface area contributed by atoms with Gasteiger partial charge in [0.25, 0.3) is 10.0 Å². The number of sulfonamides is 1. The number of hydrogen-bond donors (Lipinski definition) is 1. The molecule has 0 saturated carbocycles. The van der Waals surface area contributed by atoms with E-state index in [-0.39, 0.29) is 4.90 Å². The lowest BCUT2D eigenvalue weighted by atomic mass is 10.2. The molecule has 116 valence electrons. The number of nitrogens with one attached hydrogen (secondary N) is 1. The van der Waals surface area contributed by atoms with E-state index >= 15 is 0 Å². The van der Waals surface area contributed by atoms with Gasteiger partial charge in [0.05, 0.1) is 17.7 Å². The molecule has 0 saturated heterocycles. The van der Waals surface area contributed by atoms with E-state index in [2.05, 4.69) is 25.9 Å². The molecule has 22 heavy (non-hydrogen) atoms. The van der Waals surface area contributed by atoms with Gasteiger partial charge in [-0.2, -0.15) is 13.5 Å². The van der Waals surface area contributed by atoms with Gasteiger partial charge in [-0.15, -0.1) is 0 Å². The molecule has 2 aromatic rings. The van der Waals surface area contributed by atoms with Crippen LogP contribution in [0.2, 0.25) is 0 Å². The largest absolute Gasteiger partial charge is 0.494 e. The van der Waals surface area contributed by atoms with Gasteiger partial charge in [0.2, 0.25) is 0 Å². The monoisotopic (exact) mass is 382 g/mol. The van der Waals surface area contributed by atoms with E-state index in [0.29, 0.717) is 12.4 Å². The Balaban J connectivity index is 2.08. The fourth-order valence-electron chi connectivity index (χ4n) is 1.69. The van der Waals surface area contributed by atoms with Gasteiger partial charge in [-0.05, 0) is 48.9 Å². The van der Waals surface area contributed by atoms with Crippen LogP contribution >= 0.6 is 15.9 Å². The van der Waals surface area contributed by atoms with Gasteiger partial charge in [-0.3, -0.25) is 0 Å². The maximum Gasteiger partial charge on any atom is 0.276 e. The van der Waals surface area contributed by atoms with Crippen LogP contribution in [0.5, 0.6) is 5.75 Å². The first-order valence-electron chi connectivity index (χ1n) is 6.54. The lowest BCUT2D eigenvalue weighted by Crippen LogP contribution is -2.18. The number of benzene rings is 2. The molecular weight excluding hydrogens is 368 g/mol. The number of nitrogens with zero attached hydrogens (tertiary/aromatic N) is 1. The van der Waals surface area contributed by atoms with Crippen LogP contribution in [0.1, 0.15) is 12.5 Å². The van der Waals surface area contributed by atoms with Crippen molar-refractivity contribution < 1.29 is 13.2 Å². The molecule has 2 aromatic carbocycles. The Labute approximate surface area is 138 Å². The summed E-state index contributed by atoms with van der Waals surface area (Å²) in [5.41, 5.74) is 0.740. The highest BCUT2D eigenvalue weighted by atomic mass is 79.9. The molecule has 0 amide bonds. The van der Waals surface area contributed by atoms with Crippen LogP contribution < -0.4 is 9.57 Å². The van der Waals surface area contributed by atoms with Gasteiger partial charge in [-0.1, -0.05) is 28.1 Å². The Morgan fingerprint density at radius 3 is 2.64 bits per heavy atom. The Kier molecular flexibility index (Phi) is 5.57. The lowest BCUT2D eigenvalue weighted by molar-refractivity contribution is 0.340. The Morgan fingerprint density at radius 1 is 1.23 bits per heavy atom. The van der Waals surface area contributed by atoms with Crippen molar-refractivity contribution in [3.8, 4) is 5.75 Å². The molecule has 0 fully saturated rings. The highest BCUT2D eigenvalue weighted by Gasteiger charge is 2.11. The molecule has 0 heterocycles. The summed E-state index contributed by atoms with van der Waals surface area (Å²) in [6.45, 7) is 2.46. The Bertz CT molecular complexity index is 759. The minimum absolute atomic E-state index is 0.149. The second kappa shape index (κ2) is 7.42. The third kappa shape index (κ3) is 4.57. The Morgan fingerprint density at radius 2 is 1.95 bits per heavy atom. The summed E-state index contributed by atoms with van der Waals surface area (Å²) in [5.74, 6) is 0.710. The molecule has 0 aromatic heterocycles. The summed E-state index contributed by atoms with van der Waals surface area (Å²) in [7, 11) is -3.67. The van der Waals surface area contributed by atoms with Crippen molar-refractivity contribution in [2.45, 2.75) is 11.8 Å². The second-order valence-electron chi connectivity index (χ2n) is 4.31. The number of rotatable bonds is 6. The highest BCUT2D eigenvalue weighted by Crippen LogP contribution is 2.14. The molecule has 5 nitrogen and oxygen atoms in total. The number of halogens is 1. The van der Waals surface area contributed by atoms with Gasteiger partial charge in [-0.25, -0.2) is 4.83 Å². The highest BCUT2D eigenvalue weighted by molar-refractivity contribution is 9.10. The van der Waals surface area contributed by atoms with Crippen LogP contribution in [0.4, 0.5) is 0 Å². The predicted molar refractivity (Wildman–Crippen MR) is 89.7 cm³/mol. The molecule has 0 aliphatic rings. The second-order valence-corrected chi connectivity index (χ2v) is 6.89. The third-order valence-electron chi connectivity index (χ3n) is 2.68. The zero-order valence-corrected chi connectivity index (χ0v) is 14.3. The zero-order chi connectivity index (χ0) is 16.0. The van der Waals surface area contributed by atoms with E-state index in [0.717, 1.165) is 10.0 Å². The average Bonchev–Trinajstić information content (AvgIpc) is 2.48. The molecule has 0 radical (unpaired) electrons. The van der Waals surface area contributed by atoms with Crippen molar-refractivity contribution >= 4 is 32.2 Å². The maximum absolute atomic E-state index is 12.0. The van der Waals surface area contributed by atoms with Gasteiger partial charge in [0, 0.05) is 4.47 Å². The van der Waals surface area contributed by atoms with Crippen molar-refractivity contribution in [1.82, 2.24) is 4.83 Å². The van der Waals surface area contributed by atoms with Crippen LogP contribution in [0.15, 0.2) is 63.0 Å². The van der Waals surface area contributed by atoms with E-state index < -0.39 is 10.0 Å². The molecule has 2 rings (SSSR count). The topological polar surface area (TPSA) is 67.8 Å². The van der Waals surface area contributed by atoms with Crippen molar-refractivity contribution in [1.29, 1.82) is 0 Å². The smallest absolute Gasteiger partial charge is 0.276 e. The van der Waals surface area contributed by atoms with E-state index in [1.165, 1.54) is 18.3 Å². The van der Waals surface area contributed by atoms with Crippen LogP contribution in [-0.2, 0) is 10.0 Å². The van der Waals surface area contributed by atoms with Crippen LogP contribution in [0.25, 0.3) is 0 Å². The van der Waals surface area contributed by atoms with E-state index in [4.69, 9.17) is 4.74 Å². The van der Waals surface area contributed by atoms with Crippen molar-refractivity contribution in [3.05, 3.63) is 58.6 Å². The standard InChI is InChI=1S/C15H15BrN2O3S/c1-2-21-14-5-3-4-12(10-14)11-17-18-22(19,20)15-8-6-13(16)7-9-15/h3-11,18H,2H2,1H3/b17-11+. The van der Waals surface area contributed by atoms with Crippen LogP contribution in [-0.4, -0.2) is 21.2 Å². The van der Waals surface area contributed by atoms with E-state index in [1.807, 2.05) is 19.1 Å². The molecule has 0 aliphatic heterocycles. The van der Waals surface area contributed by atoms with E-state index in [9.17, 15) is 8.42 Å². The van der Waals surface area contributed by atoms with Crippen LogP contribution in [0, 0.1) is 0 Å². The number of hydrazone groups is 1. The predicted octanol–water partition coefficient (Wildman–Crippen LogP) is 3.16. The maximum atomic E-state index is 12.0. The molecule has 0 spiro atoms. The molecule has 0 unspecified atom stereocenters. The van der Waals surface area contributed by atoms with Crippen molar-refractivity contribution in [2.75, 3.05) is 6.61 Å². The average molecular weight is 383 g/mol. The van der Waals surface area contributed by atoms with Gasteiger partial charge >= 0.3 is 0 Å². The third-order valence-corrected chi connectivity index (χ3v) is 4.45. The first-order chi connectivity index (χ1) is 10.5. The molecule has 1 N–H and O–H groups in total. The van der Waals surface area contributed by atoms with Crippen LogP contribution in [0.3, 0.4) is 0 Å². The molecule has 0 bridgehead atoms. The van der Waals surface area contributed by atoms with Gasteiger partial charge in [0.15, 0.2) is 0 Å². The molecular formula is C15H15BrN2O3S. The van der Waals surface area contributed by atoms with Crippen molar-refractivity contribution in [2.24, 2.45) is 5.10 Å². The summed E-state index contributed by atoms with van der Waals surface area (Å²) >= 11 is 3.26. The lowest BCUT2D eigenvalue weighted by Gasteiger charge is -2.04. The van der Waals surface area contributed by atoms with E-state index in [1.54, 1.807) is 24.3 Å². The first-order valence-corrected chi connectivity index (χ1v) is 8.82. The fourth-order valence-corrected chi connectivity index (χ4v) is 2.74. The minimum atomic E-state index is -3.67. The minimum Gasteiger partial charge on any atom is -0.494 e. The first kappa shape index (κ1) is 16.5. The number of hydrogen-bond acceptors (Lipinski definition) is 4. The fraction of sp³-hybridized carbons (Fsp3) is 0.133. The van der Waals surface area contributed by atoms with Gasteiger partial charge < -0.3 is 4.74 Å². The quantitative estimate of drug-likeness (QED) is 0.616. The normalized spacial score (nSPS) is 11.5. The summed E-state index contributed by atoms with van der Waals surface area (Å²) in [6, 6.07) is 13.5. The Hall–Kier alpha value is -1.86.